The van der Waals surface area contributed by atoms with Gasteiger partial charge in [-0.15, -0.1) is 12.4 Å². The molecule has 2 aliphatic heterocycles. The molecule has 3 rings (SSSR count). The van der Waals surface area contributed by atoms with Crippen LogP contribution in [-0.2, 0) is 17.9 Å². The highest BCUT2D eigenvalue weighted by Crippen LogP contribution is 2.19. The Labute approximate surface area is 164 Å². The molecule has 26 heavy (non-hydrogen) atoms. The van der Waals surface area contributed by atoms with Gasteiger partial charge in [0, 0.05) is 25.0 Å². The van der Waals surface area contributed by atoms with Crippen LogP contribution in [0.2, 0.25) is 0 Å². The molecule has 0 aromatic heterocycles. The molecule has 5 heteroatoms. The normalized spacial score (nSPS) is 24.7. The molecule has 2 atom stereocenters. The smallest absolute Gasteiger partial charge is 0.223 e. The van der Waals surface area contributed by atoms with E-state index in [1.54, 1.807) is 0 Å². The summed E-state index contributed by atoms with van der Waals surface area (Å²) < 4.78 is 0. The van der Waals surface area contributed by atoms with Crippen molar-refractivity contribution in [3.63, 3.8) is 0 Å². The van der Waals surface area contributed by atoms with Crippen molar-refractivity contribution in [3.8, 4) is 0 Å². The summed E-state index contributed by atoms with van der Waals surface area (Å²) in [6.07, 6.45) is 4.51. The zero-order valence-corrected chi connectivity index (χ0v) is 17.0. The lowest BCUT2D eigenvalue weighted by Gasteiger charge is -2.30. The minimum atomic E-state index is 0. The molecule has 2 aliphatic rings. The van der Waals surface area contributed by atoms with Crippen molar-refractivity contribution in [1.29, 1.82) is 0 Å². The average Bonchev–Trinajstić information content (AvgIpc) is 2.62. The van der Waals surface area contributed by atoms with Gasteiger partial charge < -0.3 is 10.6 Å². The number of benzene rings is 1. The summed E-state index contributed by atoms with van der Waals surface area (Å²) in [4.78, 5) is 15.0. The van der Waals surface area contributed by atoms with E-state index in [0.717, 1.165) is 31.8 Å². The summed E-state index contributed by atoms with van der Waals surface area (Å²) in [5, 5.41) is 6.55. The van der Waals surface area contributed by atoms with Crippen LogP contribution in [0.15, 0.2) is 24.3 Å². The number of hydrogen-bond acceptors (Lipinski definition) is 3. The number of amides is 1. The Bertz CT molecular complexity index is 572. The molecule has 0 spiro atoms. The second kappa shape index (κ2) is 10.3. The average molecular weight is 380 g/mol. The van der Waals surface area contributed by atoms with E-state index in [9.17, 15) is 4.79 Å². The summed E-state index contributed by atoms with van der Waals surface area (Å²) in [5.74, 6) is 1.24. The summed E-state index contributed by atoms with van der Waals surface area (Å²) >= 11 is 0. The molecule has 1 aromatic carbocycles. The highest BCUT2D eigenvalue weighted by Gasteiger charge is 2.24. The van der Waals surface area contributed by atoms with Gasteiger partial charge in [0.25, 0.3) is 0 Å². The van der Waals surface area contributed by atoms with Crippen molar-refractivity contribution in [2.24, 2.45) is 11.8 Å². The van der Waals surface area contributed by atoms with E-state index in [4.69, 9.17) is 0 Å². The van der Waals surface area contributed by atoms with Crippen molar-refractivity contribution in [1.82, 2.24) is 15.5 Å². The van der Waals surface area contributed by atoms with Crippen LogP contribution in [0.1, 0.15) is 50.7 Å². The van der Waals surface area contributed by atoms with Crippen molar-refractivity contribution < 1.29 is 4.79 Å². The molecule has 1 aromatic rings. The van der Waals surface area contributed by atoms with Gasteiger partial charge in [0.05, 0.1) is 0 Å². The first-order chi connectivity index (χ1) is 12.1. The van der Waals surface area contributed by atoms with Crippen LogP contribution in [0, 0.1) is 11.8 Å². The Morgan fingerprint density at radius 1 is 1.19 bits per heavy atom. The maximum atomic E-state index is 12.4. The van der Waals surface area contributed by atoms with Gasteiger partial charge in [-0.3, -0.25) is 9.69 Å². The molecular formula is C21H34ClN3O. The van der Waals surface area contributed by atoms with E-state index in [1.165, 1.54) is 37.1 Å². The molecule has 2 heterocycles. The van der Waals surface area contributed by atoms with Gasteiger partial charge in [-0.2, -0.15) is 0 Å². The summed E-state index contributed by atoms with van der Waals surface area (Å²) in [6.45, 7) is 9.53. The van der Waals surface area contributed by atoms with Gasteiger partial charge in [0.15, 0.2) is 0 Å². The molecule has 0 aliphatic carbocycles. The van der Waals surface area contributed by atoms with E-state index in [2.05, 4.69) is 53.6 Å². The number of rotatable bonds is 5. The first kappa shape index (κ1) is 21.2. The van der Waals surface area contributed by atoms with Gasteiger partial charge in [-0.25, -0.2) is 0 Å². The molecule has 0 unspecified atom stereocenters. The SMILES string of the molecule is CC1CCN(Cc2cccc(CNC(=O)[C@H]3CCN[C@@H](C)C3)c2)CC1.Cl. The van der Waals surface area contributed by atoms with Crippen molar-refractivity contribution in [2.45, 2.75) is 58.7 Å². The Morgan fingerprint density at radius 3 is 2.65 bits per heavy atom. The first-order valence-corrected chi connectivity index (χ1v) is 9.91. The standard InChI is InChI=1S/C21H33N3O.ClH/c1-16-7-10-24(11-8-16)15-19-5-3-4-18(13-19)14-23-21(25)20-6-9-22-17(2)12-20;/h3-5,13,16-17,20,22H,6-12,14-15H2,1-2H3,(H,23,25);1H/t17-,20-;/m0./s1. The van der Waals surface area contributed by atoms with E-state index in [1.807, 2.05) is 0 Å². The van der Waals surface area contributed by atoms with E-state index >= 15 is 0 Å². The van der Waals surface area contributed by atoms with Crippen molar-refractivity contribution in [2.75, 3.05) is 19.6 Å². The molecule has 146 valence electrons. The minimum absolute atomic E-state index is 0. The number of halogens is 1. The third-order valence-corrected chi connectivity index (χ3v) is 5.74. The lowest BCUT2D eigenvalue weighted by atomic mass is 9.92. The van der Waals surface area contributed by atoms with Gasteiger partial charge in [0.2, 0.25) is 5.91 Å². The number of piperidine rings is 2. The number of nitrogens with one attached hydrogen (secondary N) is 2. The van der Waals surface area contributed by atoms with Crippen LogP contribution in [0.5, 0.6) is 0 Å². The van der Waals surface area contributed by atoms with Crippen LogP contribution in [-0.4, -0.2) is 36.5 Å². The van der Waals surface area contributed by atoms with E-state index < -0.39 is 0 Å². The van der Waals surface area contributed by atoms with Crippen LogP contribution < -0.4 is 10.6 Å². The predicted molar refractivity (Wildman–Crippen MR) is 109 cm³/mol. The fraction of sp³-hybridized carbons (Fsp3) is 0.667. The largest absolute Gasteiger partial charge is 0.352 e. The predicted octanol–water partition coefficient (Wildman–Crippen LogP) is 3.34. The summed E-state index contributed by atoms with van der Waals surface area (Å²) in [5.41, 5.74) is 2.56. The molecular weight excluding hydrogens is 346 g/mol. The molecule has 0 radical (unpaired) electrons. The van der Waals surface area contributed by atoms with Crippen molar-refractivity contribution >= 4 is 18.3 Å². The van der Waals surface area contributed by atoms with Crippen LogP contribution in [0.25, 0.3) is 0 Å². The second-order valence-electron chi connectivity index (χ2n) is 8.07. The zero-order chi connectivity index (χ0) is 17.6. The maximum Gasteiger partial charge on any atom is 0.223 e. The Morgan fingerprint density at radius 2 is 1.92 bits per heavy atom. The zero-order valence-electron chi connectivity index (χ0n) is 16.2. The quantitative estimate of drug-likeness (QED) is 0.824. The number of carbonyl (C=O) groups excluding carboxylic acids is 1. The van der Waals surface area contributed by atoms with Crippen LogP contribution in [0.3, 0.4) is 0 Å². The topological polar surface area (TPSA) is 44.4 Å². The summed E-state index contributed by atoms with van der Waals surface area (Å²) in [7, 11) is 0. The highest BCUT2D eigenvalue weighted by molar-refractivity contribution is 5.85. The minimum Gasteiger partial charge on any atom is -0.352 e. The molecule has 4 nitrogen and oxygen atoms in total. The highest BCUT2D eigenvalue weighted by atomic mass is 35.5. The number of nitrogens with zero attached hydrogens (tertiary/aromatic N) is 1. The van der Waals surface area contributed by atoms with E-state index in [-0.39, 0.29) is 24.2 Å². The first-order valence-electron chi connectivity index (χ1n) is 9.91. The molecule has 2 N–H and O–H groups in total. The van der Waals surface area contributed by atoms with Crippen molar-refractivity contribution in [3.05, 3.63) is 35.4 Å². The van der Waals surface area contributed by atoms with Gasteiger partial charge in [-0.05, 0) is 69.3 Å². The number of carbonyl (C=O) groups is 1. The molecule has 0 bridgehead atoms. The van der Waals surface area contributed by atoms with E-state index in [0.29, 0.717) is 12.6 Å². The lowest BCUT2D eigenvalue weighted by Crippen LogP contribution is -2.42. The van der Waals surface area contributed by atoms with Gasteiger partial charge >= 0.3 is 0 Å². The Kier molecular flexibility index (Phi) is 8.39. The van der Waals surface area contributed by atoms with Crippen LogP contribution in [0.4, 0.5) is 0 Å². The summed E-state index contributed by atoms with van der Waals surface area (Å²) in [6, 6.07) is 9.14. The molecule has 2 fully saturated rings. The molecule has 2 saturated heterocycles. The monoisotopic (exact) mass is 379 g/mol. The molecule has 0 saturated carbocycles. The molecule has 1 amide bonds. The van der Waals surface area contributed by atoms with Crippen LogP contribution >= 0.6 is 12.4 Å². The Balaban J connectivity index is 0.00000243. The van der Waals surface area contributed by atoms with Gasteiger partial charge in [-0.1, -0.05) is 31.2 Å². The fourth-order valence-electron chi connectivity index (χ4n) is 4.02. The maximum absolute atomic E-state index is 12.4. The number of likely N-dealkylation sites (tertiary alicyclic amines) is 1. The second-order valence-corrected chi connectivity index (χ2v) is 8.07. The number of hydrogen-bond donors (Lipinski definition) is 2. The Hall–Kier alpha value is -1.10. The fourth-order valence-corrected chi connectivity index (χ4v) is 4.02. The lowest BCUT2D eigenvalue weighted by molar-refractivity contribution is -0.126. The third-order valence-electron chi connectivity index (χ3n) is 5.74. The third kappa shape index (κ3) is 6.26. The van der Waals surface area contributed by atoms with Gasteiger partial charge in [0.1, 0.15) is 0 Å².